The van der Waals surface area contributed by atoms with E-state index >= 15 is 0 Å². The van der Waals surface area contributed by atoms with E-state index in [-0.39, 0.29) is 6.29 Å². The van der Waals surface area contributed by atoms with Gasteiger partial charge in [0.05, 0.1) is 6.61 Å². The van der Waals surface area contributed by atoms with Gasteiger partial charge in [0.1, 0.15) is 5.75 Å². The molecular weight excluding hydrogens is 288 g/mol. The van der Waals surface area contributed by atoms with Gasteiger partial charge in [-0.25, -0.2) is 0 Å². The molecule has 1 saturated heterocycles. The van der Waals surface area contributed by atoms with Crippen LogP contribution in [0.3, 0.4) is 0 Å². The molecule has 1 aliphatic heterocycles. The van der Waals surface area contributed by atoms with Crippen LogP contribution in [0.4, 0.5) is 0 Å². The standard InChI is InChI=1S/C20H32O3/c1-18-11-13-19(14-12-18)21-15-7-4-2-3-5-8-16-22-20-10-6-9-17-23-20/h11-14,20H,2-10,15-17H2,1H3. The lowest BCUT2D eigenvalue weighted by Crippen LogP contribution is -2.22. The molecule has 3 heteroatoms. The maximum absolute atomic E-state index is 5.74. The van der Waals surface area contributed by atoms with Gasteiger partial charge in [-0.15, -0.1) is 0 Å². The Bertz CT molecular complexity index is 396. The third-order valence-corrected chi connectivity index (χ3v) is 4.27. The number of aryl methyl sites for hydroxylation is 1. The van der Waals surface area contributed by atoms with Gasteiger partial charge >= 0.3 is 0 Å². The minimum absolute atomic E-state index is 0.0719. The molecule has 1 aromatic rings. The van der Waals surface area contributed by atoms with E-state index in [0.29, 0.717) is 0 Å². The van der Waals surface area contributed by atoms with E-state index in [1.165, 1.54) is 44.1 Å². The molecule has 23 heavy (non-hydrogen) atoms. The Morgan fingerprint density at radius 2 is 1.61 bits per heavy atom. The molecule has 1 aliphatic rings. The molecule has 2 rings (SSSR count). The van der Waals surface area contributed by atoms with Crippen molar-refractivity contribution in [2.75, 3.05) is 19.8 Å². The SMILES string of the molecule is Cc1ccc(OCCCCCCCCOC2CCCCO2)cc1. The summed E-state index contributed by atoms with van der Waals surface area (Å²) in [5.41, 5.74) is 1.27. The number of hydrogen-bond acceptors (Lipinski definition) is 3. The van der Waals surface area contributed by atoms with E-state index in [0.717, 1.165) is 44.8 Å². The molecule has 0 aliphatic carbocycles. The quantitative estimate of drug-likeness (QED) is 0.521. The molecule has 1 fully saturated rings. The predicted molar refractivity (Wildman–Crippen MR) is 93.9 cm³/mol. The summed E-state index contributed by atoms with van der Waals surface area (Å²) in [7, 11) is 0. The van der Waals surface area contributed by atoms with Gasteiger partial charge in [-0.1, -0.05) is 43.4 Å². The molecule has 1 unspecified atom stereocenters. The molecule has 3 nitrogen and oxygen atoms in total. The molecule has 1 atom stereocenters. The van der Waals surface area contributed by atoms with E-state index in [1.54, 1.807) is 0 Å². The van der Waals surface area contributed by atoms with E-state index in [1.807, 2.05) is 12.1 Å². The zero-order chi connectivity index (χ0) is 16.2. The Morgan fingerprint density at radius 1 is 0.913 bits per heavy atom. The van der Waals surface area contributed by atoms with Gasteiger partial charge in [-0.3, -0.25) is 0 Å². The van der Waals surface area contributed by atoms with Crippen LogP contribution < -0.4 is 4.74 Å². The molecule has 0 N–H and O–H groups in total. The van der Waals surface area contributed by atoms with Crippen LogP contribution in [0.1, 0.15) is 63.4 Å². The van der Waals surface area contributed by atoms with Gasteiger partial charge in [0.25, 0.3) is 0 Å². The number of unbranched alkanes of at least 4 members (excludes halogenated alkanes) is 5. The molecule has 0 radical (unpaired) electrons. The zero-order valence-electron chi connectivity index (χ0n) is 14.6. The first kappa shape index (κ1) is 18.3. The fraction of sp³-hybridized carbons (Fsp3) is 0.700. The lowest BCUT2D eigenvalue weighted by atomic mass is 10.1. The fourth-order valence-electron chi connectivity index (χ4n) is 2.79. The van der Waals surface area contributed by atoms with Gasteiger partial charge < -0.3 is 14.2 Å². The van der Waals surface area contributed by atoms with Crippen LogP contribution in [0, 0.1) is 6.92 Å². The number of rotatable bonds is 11. The van der Waals surface area contributed by atoms with E-state index in [4.69, 9.17) is 14.2 Å². The first-order valence-corrected chi connectivity index (χ1v) is 9.27. The summed E-state index contributed by atoms with van der Waals surface area (Å²) in [5.74, 6) is 0.984. The largest absolute Gasteiger partial charge is 0.494 e. The van der Waals surface area contributed by atoms with Crippen molar-refractivity contribution in [3.8, 4) is 5.75 Å². The van der Waals surface area contributed by atoms with Crippen LogP contribution in [0.5, 0.6) is 5.75 Å². The minimum atomic E-state index is 0.0719. The van der Waals surface area contributed by atoms with Crippen molar-refractivity contribution in [1.82, 2.24) is 0 Å². The van der Waals surface area contributed by atoms with E-state index < -0.39 is 0 Å². The number of hydrogen-bond donors (Lipinski definition) is 0. The average Bonchev–Trinajstić information content (AvgIpc) is 2.59. The average molecular weight is 320 g/mol. The Labute approximate surface area is 141 Å². The maximum atomic E-state index is 5.74. The molecule has 130 valence electrons. The molecular formula is C20H32O3. The van der Waals surface area contributed by atoms with Crippen LogP contribution in [-0.2, 0) is 9.47 Å². The molecule has 0 aromatic heterocycles. The number of benzene rings is 1. The second-order valence-corrected chi connectivity index (χ2v) is 6.45. The molecule has 0 amide bonds. The van der Waals surface area contributed by atoms with Crippen LogP contribution >= 0.6 is 0 Å². The minimum Gasteiger partial charge on any atom is -0.494 e. The highest BCUT2D eigenvalue weighted by molar-refractivity contribution is 5.26. The van der Waals surface area contributed by atoms with Crippen molar-refractivity contribution < 1.29 is 14.2 Å². The van der Waals surface area contributed by atoms with Gasteiger partial charge in [0.15, 0.2) is 6.29 Å². The van der Waals surface area contributed by atoms with Crippen molar-refractivity contribution in [2.45, 2.75) is 71.0 Å². The van der Waals surface area contributed by atoms with Crippen molar-refractivity contribution in [1.29, 1.82) is 0 Å². The molecule has 0 saturated carbocycles. The maximum Gasteiger partial charge on any atom is 0.157 e. The summed E-state index contributed by atoms with van der Waals surface area (Å²) >= 11 is 0. The smallest absolute Gasteiger partial charge is 0.157 e. The highest BCUT2D eigenvalue weighted by Gasteiger charge is 2.13. The van der Waals surface area contributed by atoms with Gasteiger partial charge in [-0.05, 0) is 51.2 Å². The Hall–Kier alpha value is -1.06. The molecule has 1 heterocycles. The first-order valence-electron chi connectivity index (χ1n) is 9.27. The third-order valence-electron chi connectivity index (χ3n) is 4.27. The van der Waals surface area contributed by atoms with Gasteiger partial charge in [0, 0.05) is 13.2 Å². The predicted octanol–water partition coefficient (Wildman–Crippen LogP) is 5.26. The summed E-state index contributed by atoms with van der Waals surface area (Å²) in [6.07, 6.45) is 11.0. The van der Waals surface area contributed by atoms with Crippen molar-refractivity contribution >= 4 is 0 Å². The van der Waals surface area contributed by atoms with Crippen LogP contribution in [-0.4, -0.2) is 26.1 Å². The first-order chi connectivity index (χ1) is 11.3. The van der Waals surface area contributed by atoms with Crippen molar-refractivity contribution in [2.24, 2.45) is 0 Å². The topological polar surface area (TPSA) is 27.7 Å². The lowest BCUT2D eigenvalue weighted by Gasteiger charge is -2.22. The summed E-state index contributed by atoms with van der Waals surface area (Å²) in [6, 6.07) is 8.28. The molecule has 0 bridgehead atoms. The monoisotopic (exact) mass is 320 g/mol. The van der Waals surface area contributed by atoms with E-state index in [2.05, 4.69) is 19.1 Å². The van der Waals surface area contributed by atoms with E-state index in [9.17, 15) is 0 Å². The molecule has 1 aromatic carbocycles. The summed E-state index contributed by atoms with van der Waals surface area (Å²) in [5, 5.41) is 0. The van der Waals surface area contributed by atoms with Crippen LogP contribution in [0.15, 0.2) is 24.3 Å². The van der Waals surface area contributed by atoms with Gasteiger partial charge in [0.2, 0.25) is 0 Å². The Morgan fingerprint density at radius 3 is 2.30 bits per heavy atom. The highest BCUT2D eigenvalue weighted by Crippen LogP contribution is 2.15. The second kappa shape index (κ2) is 11.5. The zero-order valence-corrected chi connectivity index (χ0v) is 14.6. The summed E-state index contributed by atoms with van der Waals surface area (Å²) < 4.78 is 17.0. The number of ether oxygens (including phenoxy) is 3. The normalized spacial score (nSPS) is 18.0. The van der Waals surface area contributed by atoms with Crippen molar-refractivity contribution in [3.63, 3.8) is 0 Å². The third kappa shape index (κ3) is 8.38. The lowest BCUT2D eigenvalue weighted by molar-refractivity contribution is -0.162. The highest BCUT2D eigenvalue weighted by atomic mass is 16.7. The van der Waals surface area contributed by atoms with Crippen molar-refractivity contribution in [3.05, 3.63) is 29.8 Å². The Kier molecular flexibility index (Phi) is 9.12. The Balaban J connectivity index is 1.34. The van der Waals surface area contributed by atoms with Crippen LogP contribution in [0.25, 0.3) is 0 Å². The van der Waals surface area contributed by atoms with Gasteiger partial charge in [-0.2, -0.15) is 0 Å². The van der Waals surface area contributed by atoms with Crippen LogP contribution in [0.2, 0.25) is 0 Å². The molecule has 0 spiro atoms. The second-order valence-electron chi connectivity index (χ2n) is 6.45. The fourth-order valence-corrected chi connectivity index (χ4v) is 2.79. The summed E-state index contributed by atoms with van der Waals surface area (Å²) in [6.45, 7) is 4.64. The summed E-state index contributed by atoms with van der Waals surface area (Å²) in [4.78, 5) is 0.